The van der Waals surface area contributed by atoms with Crippen molar-refractivity contribution in [3.63, 3.8) is 0 Å². The Bertz CT molecular complexity index is 978. The standard InChI is InChI=1S/C19H18N4O3/c24-18-7-16-17(23(18)10-15-11-25-3-4-26-15)6-14(8-21-16)13-5-12-1-2-20-19(12)22-9-13/h1-2,5-6,8-9,15H,3-4,7,10-11H2,(H,20,22). The Balaban J connectivity index is 1.48. The third-order valence-electron chi connectivity index (χ3n) is 4.86. The Morgan fingerprint density at radius 1 is 1.19 bits per heavy atom. The van der Waals surface area contributed by atoms with Gasteiger partial charge in [-0.3, -0.25) is 9.78 Å². The van der Waals surface area contributed by atoms with Crippen molar-refractivity contribution in [3.05, 3.63) is 42.5 Å². The molecule has 0 aromatic carbocycles. The van der Waals surface area contributed by atoms with Gasteiger partial charge in [-0.15, -0.1) is 0 Å². The Hall–Kier alpha value is -2.77. The molecular formula is C19H18N4O3. The summed E-state index contributed by atoms with van der Waals surface area (Å²) in [6.07, 6.45) is 5.74. The number of hydrogen-bond acceptors (Lipinski definition) is 5. The van der Waals surface area contributed by atoms with Crippen LogP contribution in [0, 0.1) is 0 Å². The summed E-state index contributed by atoms with van der Waals surface area (Å²) < 4.78 is 11.2. The summed E-state index contributed by atoms with van der Waals surface area (Å²) in [4.78, 5) is 26.3. The van der Waals surface area contributed by atoms with Crippen LogP contribution >= 0.6 is 0 Å². The fourth-order valence-corrected chi connectivity index (χ4v) is 3.53. The number of pyridine rings is 2. The number of fused-ring (bicyclic) bond motifs is 2. The highest BCUT2D eigenvalue weighted by Crippen LogP contribution is 2.32. The van der Waals surface area contributed by atoms with Gasteiger partial charge < -0.3 is 19.4 Å². The highest BCUT2D eigenvalue weighted by molar-refractivity contribution is 6.01. The molecule has 3 aromatic rings. The van der Waals surface area contributed by atoms with E-state index in [-0.39, 0.29) is 12.0 Å². The van der Waals surface area contributed by atoms with Crippen LogP contribution in [0.4, 0.5) is 5.69 Å². The molecule has 1 unspecified atom stereocenters. The molecule has 3 aromatic heterocycles. The second-order valence-electron chi connectivity index (χ2n) is 6.58. The first kappa shape index (κ1) is 15.5. The first-order chi connectivity index (χ1) is 12.8. The van der Waals surface area contributed by atoms with Crippen molar-refractivity contribution in [2.75, 3.05) is 31.3 Å². The summed E-state index contributed by atoms with van der Waals surface area (Å²) in [6, 6.07) is 6.08. The number of nitrogens with zero attached hydrogens (tertiary/aromatic N) is 3. The normalized spacial score (nSPS) is 19.9. The quantitative estimate of drug-likeness (QED) is 0.781. The zero-order chi connectivity index (χ0) is 17.5. The molecule has 0 radical (unpaired) electrons. The number of anilines is 1. The van der Waals surface area contributed by atoms with E-state index < -0.39 is 0 Å². The maximum Gasteiger partial charge on any atom is 0.233 e. The molecule has 0 bridgehead atoms. The zero-order valence-electron chi connectivity index (χ0n) is 14.1. The molecule has 5 heterocycles. The molecule has 1 amide bonds. The molecule has 5 rings (SSSR count). The van der Waals surface area contributed by atoms with Crippen molar-refractivity contribution in [3.8, 4) is 11.1 Å². The van der Waals surface area contributed by atoms with Crippen LogP contribution in [-0.2, 0) is 20.7 Å². The lowest BCUT2D eigenvalue weighted by molar-refractivity contribution is -0.119. The first-order valence-electron chi connectivity index (χ1n) is 8.70. The van der Waals surface area contributed by atoms with Crippen molar-refractivity contribution < 1.29 is 14.3 Å². The van der Waals surface area contributed by atoms with Gasteiger partial charge in [-0.2, -0.15) is 0 Å². The van der Waals surface area contributed by atoms with Gasteiger partial charge in [0.1, 0.15) is 5.65 Å². The van der Waals surface area contributed by atoms with Crippen LogP contribution in [0.5, 0.6) is 0 Å². The van der Waals surface area contributed by atoms with E-state index in [1.165, 1.54) is 0 Å². The van der Waals surface area contributed by atoms with E-state index in [4.69, 9.17) is 9.47 Å². The summed E-state index contributed by atoms with van der Waals surface area (Å²) in [5.74, 6) is 0.0537. The monoisotopic (exact) mass is 350 g/mol. The van der Waals surface area contributed by atoms with Gasteiger partial charge in [-0.25, -0.2) is 4.98 Å². The van der Waals surface area contributed by atoms with Crippen molar-refractivity contribution in [2.24, 2.45) is 0 Å². The van der Waals surface area contributed by atoms with E-state index in [1.807, 2.05) is 30.7 Å². The molecule has 1 fully saturated rings. The zero-order valence-corrected chi connectivity index (χ0v) is 14.1. The number of hydrogen-bond donors (Lipinski definition) is 1. The van der Waals surface area contributed by atoms with E-state index in [0.29, 0.717) is 32.8 Å². The lowest BCUT2D eigenvalue weighted by atomic mass is 10.1. The van der Waals surface area contributed by atoms with Gasteiger partial charge in [0.25, 0.3) is 0 Å². The van der Waals surface area contributed by atoms with Crippen molar-refractivity contribution in [1.82, 2.24) is 15.0 Å². The predicted octanol–water partition coefficient (Wildman–Crippen LogP) is 1.93. The minimum atomic E-state index is -0.0971. The van der Waals surface area contributed by atoms with Gasteiger partial charge in [0, 0.05) is 35.1 Å². The average Bonchev–Trinajstić information content (AvgIpc) is 3.26. The second-order valence-corrected chi connectivity index (χ2v) is 6.58. The SMILES string of the molecule is O=C1Cc2ncc(-c3cnc4[nH]ccc4c3)cc2N1CC1COCCO1. The summed E-state index contributed by atoms with van der Waals surface area (Å²) in [6.45, 7) is 2.19. The first-order valence-corrected chi connectivity index (χ1v) is 8.70. The molecule has 7 nitrogen and oxygen atoms in total. The van der Waals surface area contributed by atoms with E-state index >= 15 is 0 Å². The van der Waals surface area contributed by atoms with Gasteiger partial charge in [-0.05, 0) is 18.2 Å². The molecule has 2 aliphatic rings. The number of H-pyrrole nitrogens is 1. The topological polar surface area (TPSA) is 80.3 Å². The maximum atomic E-state index is 12.5. The van der Waals surface area contributed by atoms with Crippen molar-refractivity contribution in [1.29, 1.82) is 0 Å². The number of amides is 1. The number of aromatic amines is 1. The van der Waals surface area contributed by atoms with Gasteiger partial charge in [-0.1, -0.05) is 0 Å². The summed E-state index contributed by atoms with van der Waals surface area (Å²) in [5.41, 5.74) is 4.44. The van der Waals surface area contributed by atoms with Crippen LogP contribution in [0.1, 0.15) is 5.69 Å². The van der Waals surface area contributed by atoms with Gasteiger partial charge in [0.05, 0.1) is 50.3 Å². The molecule has 7 heteroatoms. The lowest BCUT2D eigenvalue weighted by Crippen LogP contribution is -2.41. The van der Waals surface area contributed by atoms with Crippen molar-refractivity contribution >= 4 is 22.6 Å². The van der Waals surface area contributed by atoms with Crippen LogP contribution in [-0.4, -0.2) is 53.3 Å². The number of carbonyl (C=O) groups excluding carboxylic acids is 1. The smallest absolute Gasteiger partial charge is 0.233 e. The lowest BCUT2D eigenvalue weighted by Gasteiger charge is -2.27. The van der Waals surface area contributed by atoms with Crippen LogP contribution in [0.15, 0.2) is 36.8 Å². The molecular weight excluding hydrogens is 332 g/mol. The van der Waals surface area contributed by atoms with Crippen LogP contribution in [0.25, 0.3) is 22.2 Å². The highest BCUT2D eigenvalue weighted by atomic mass is 16.6. The number of carbonyl (C=O) groups is 1. The Labute approximate surface area is 150 Å². The second kappa shape index (κ2) is 6.19. The van der Waals surface area contributed by atoms with Gasteiger partial charge in [0.15, 0.2) is 0 Å². The highest BCUT2D eigenvalue weighted by Gasteiger charge is 2.31. The van der Waals surface area contributed by atoms with Gasteiger partial charge >= 0.3 is 0 Å². The molecule has 1 saturated heterocycles. The van der Waals surface area contributed by atoms with Crippen LogP contribution < -0.4 is 4.90 Å². The summed E-state index contributed by atoms with van der Waals surface area (Å²) in [5, 5.41) is 1.05. The minimum absolute atomic E-state index is 0.0537. The Morgan fingerprint density at radius 3 is 2.96 bits per heavy atom. The number of rotatable bonds is 3. The fraction of sp³-hybridized carbons (Fsp3) is 0.316. The van der Waals surface area contributed by atoms with E-state index in [0.717, 1.165) is 33.5 Å². The van der Waals surface area contributed by atoms with Crippen LogP contribution in [0.3, 0.4) is 0 Å². The van der Waals surface area contributed by atoms with E-state index in [2.05, 4.69) is 21.0 Å². The molecule has 132 valence electrons. The van der Waals surface area contributed by atoms with Gasteiger partial charge in [0.2, 0.25) is 5.91 Å². The third kappa shape index (κ3) is 2.65. The Morgan fingerprint density at radius 2 is 2.08 bits per heavy atom. The largest absolute Gasteiger partial charge is 0.376 e. The van der Waals surface area contributed by atoms with Crippen LogP contribution in [0.2, 0.25) is 0 Å². The van der Waals surface area contributed by atoms with Crippen molar-refractivity contribution in [2.45, 2.75) is 12.5 Å². The molecule has 26 heavy (non-hydrogen) atoms. The molecule has 1 N–H and O–H groups in total. The maximum absolute atomic E-state index is 12.5. The molecule has 0 spiro atoms. The minimum Gasteiger partial charge on any atom is -0.376 e. The average molecular weight is 350 g/mol. The molecule has 2 aliphatic heterocycles. The third-order valence-corrected chi connectivity index (χ3v) is 4.86. The van der Waals surface area contributed by atoms with E-state index in [1.54, 1.807) is 4.90 Å². The predicted molar refractivity (Wildman–Crippen MR) is 95.9 cm³/mol. The molecule has 0 aliphatic carbocycles. The molecule has 0 saturated carbocycles. The fourth-order valence-electron chi connectivity index (χ4n) is 3.53. The van der Waals surface area contributed by atoms with E-state index in [9.17, 15) is 4.79 Å². The number of nitrogens with one attached hydrogen (secondary N) is 1. The Kier molecular flexibility index (Phi) is 3.69. The summed E-state index contributed by atoms with van der Waals surface area (Å²) >= 11 is 0. The molecule has 1 atom stereocenters. The summed E-state index contributed by atoms with van der Waals surface area (Å²) in [7, 11) is 0. The number of aromatic nitrogens is 3. The number of ether oxygens (including phenoxy) is 2.